The minimum Gasteiger partial charge on any atom is -0.480 e. The van der Waals surface area contributed by atoms with E-state index in [-0.39, 0.29) is 12.1 Å². The summed E-state index contributed by atoms with van der Waals surface area (Å²) in [6.07, 6.45) is 4.54. The van der Waals surface area contributed by atoms with E-state index in [1.165, 1.54) is 0 Å². The van der Waals surface area contributed by atoms with Gasteiger partial charge in [0, 0.05) is 19.7 Å². The standard InChI is InChI=1S/C15H28N2O4/c1-4-12(2)17(10-11-21-3)14(20)16-15(13(18)19)8-6-5-7-9-15/h12H,4-11H2,1-3H3,(H,16,20)(H,18,19). The zero-order valence-electron chi connectivity index (χ0n) is 13.4. The summed E-state index contributed by atoms with van der Waals surface area (Å²) in [4.78, 5) is 25.8. The van der Waals surface area contributed by atoms with E-state index in [2.05, 4.69) is 5.32 Å². The summed E-state index contributed by atoms with van der Waals surface area (Å²) >= 11 is 0. The molecule has 1 fully saturated rings. The van der Waals surface area contributed by atoms with Crippen molar-refractivity contribution in [2.45, 2.75) is 64.0 Å². The van der Waals surface area contributed by atoms with E-state index in [1.807, 2.05) is 13.8 Å². The second kappa shape index (κ2) is 8.22. The molecule has 0 aromatic rings. The number of carbonyl (C=O) groups excluding carboxylic acids is 1. The number of methoxy groups -OCH3 is 1. The van der Waals surface area contributed by atoms with Gasteiger partial charge in [-0.25, -0.2) is 9.59 Å². The molecule has 0 heterocycles. The molecule has 6 nitrogen and oxygen atoms in total. The Morgan fingerprint density at radius 3 is 2.43 bits per heavy atom. The van der Waals surface area contributed by atoms with Crippen LogP contribution in [0.3, 0.4) is 0 Å². The maximum Gasteiger partial charge on any atom is 0.329 e. The molecule has 21 heavy (non-hydrogen) atoms. The van der Waals surface area contributed by atoms with Gasteiger partial charge in [-0.15, -0.1) is 0 Å². The molecule has 0 bridgehead atoms. The smallest absolute Gasteiger partial charge is 0.329 e. The van der Waals surface area contributed by atoms with E-state index in [0.717, 1.165) is 25.7 Å². The number of aliphatic carboxylic acids is 1. The number of amides is 2. The molecule has 1 rings (SSSR count). The van der Waals surface area contributed by atoms with Gasteiger partial charge in [-0.05, 0) is 26.2 Å². The van der Waals surface area contributed by atoms with Crippen LogP contribution in [0.4, 0.5) is 4.79 Å². The zero-order valence-corrected chi connectivity index (χ0v) is 13.4. The summed E-state index contributed by atoms with van der Waals surface area (Å²) in [5.41, 5.74) is -1.10. The third-order valence-corrected chi connectivity index (χ3v) is 4.38. The largest absolute Gasteiger partial charge is 0.480 e. The van der Waals surface area contributed by atoms with Crippen LogP contribution in [-0.2, 0) is 9.53 Å². The highest BCUT2D eigenvalue weighted by atomic mass is 16.5. The lowest BCUT2D eigenvalue weighted by atomic mass is 9.82. The van der Waals surface area contributed by atoms with Crippen LogP contribution in [0.15, 0.2) is 0 Å². The normalized spacial score (nSPS) is 18.8. The Labute approximate surface area is 126 Å². The first-order valence-corrected chi connectivity index (χ1v) is 7.78. The molecule has 0 radical (unpaired) electrons. The van der Waals surface area contributed by atoms with Crippen LogP contribution in [0.1, 0.15) is 52.4 Å². The summed E-state index contributed by atoms with van der Waals surface area (Å²) in [7, 11) is 1.59. The van der Waals surface area contributed by atoms with E-state index in [9.17, 15) is 14.7 Å². The molecule has 0 saturated heterocycles. The molecule has 0 aromatic carbocycles. The Balaban J connectivity index is 2.79. The van der Waals surface area contributed by atoms with Crippen molar-refractivity contribution in [1.82, 2.24) is 10.2 Å². The van der Waals surface area contributed by atoms with Crippen molar-refractivity contribution < 1.29 is 19.4 Å². The predicted molar refractivity (Wildman–Crippen MR) is 80.3 cm³/mol. The molecule has 122 valence electrons. The van der Waals surface area contributed by atoms with Crippen LogP contribution in [-0.4, -0.2) is 53.8 Å². The summed E-state index contributed by atoms with van der Waals surface area (Å²) in [6, 6.07) is -0.250. The van der Waals surface area contributed by atoms with Gasteiger partial charge in [-0.2, -0.15) is 0 Å². The molecule has 1 aliphatic carbocycles. The highest BCUT2D eigenvalue weighted by molar-refractivity contribution is 5.86. The Hall–Kier alpha value is -1.30. The third-order valence-electron chi connectivity index (χ3n) is 4.38. The Kier molecular flexibility index (Phi) is 6.95. The van der Waals surface area contributed by atoms with Gasteiger partial charge in [0.1, 0.15) is 5.54 Å². The van der Waals surface area contributed by atoms with Gasteiger partial charge >= 0.3 is 12.0 Å². The van der Waals surface area contributed by atoms with Crippen LogP contribution in [0, 0.1) is 0 Å². The molecule has 0 aromatic heterocycles. The van der Waals surface area contributed by atoms with Crippen molar-refractivity contribution >= 4 is 12.0 Å². The fourth-order valence-corrected chi connectivity index (χ4v) is 2.76. The molecular weight excluding hydrogens is 272 g/mol. The molecule has 1 aliphatic rings. The maximum absolute atomic E-state index is 12.5. The first kappa shape index (κ1) is 17.8. The van der Waals surface area contributed by atoms with Crippen LogP contribution in [0.25, 0.3) is 0 Å². The summed E-state index contributed by atoms with van der Waals surface area (Å²) in [5.74, 6) is -0.925. The first-order chi connectivity index (χ1) is 9.96. The van der Waals surface area contributed by atoms with Crippen molar-refractivity contribution in [2.75, 3.05) is 20.3 Å². The second-order valence-electron chi connectivity index (χ2n) is 5.82. The number of ether oxygens (including phenoxy) is 1. The maximum atomic E-state index is 12.5. The van der Waals surface area contributed by atoms with Crippen molar-refractivity contribution in [3.63, 3.8) is 0 Å². The number of nitrogens with one attached hydrogen (secondary N) is 1. The highest BCUT2D eigenvalue weighted by Crippen LogP contribution is 2.28. The molecule has 6 heteroatoms. The lowest BCUT2D eigenvalue weighted by molar-refractivity contribution is -0.146. The number of urea groups is 1. The molecule has 2 amide bonds. The van der Waals surface area contributed by atoms with Gasteiger partial charge in [0.05, 0.1) is 6.61 Å². The third kappa shape index (κ3) is 4.59. The molecule has 1 unspecified atom stereocenters. The zero-order chi connectivity index (χ0) is 15.9. The Morgan fingerprint density at radius 1 is 1.33 bits per heavy atom. The van der Waals surface area contributed by atoms with Gasteiger partial charge in [0.2, 0.25) is 0 Å². The second-order valence-corrected chi connectivity index (χ2v) is 5.82. The van der Waals surface area contributed by atoms with Crippen LogP contribution < -0.4 is 5.32 Å². The Morgan fingerprint density at radius 2 is 1.95 bits per heavy atom. The lowest BCUT2D eigenvalue weighted by Gasteiger charge is -2.37. The number of carboxylic acid groups (broad SMARTS) is 1. The average molecular weight is 300 g/mol. The molecular formula is C15H28N2O4. The van der Waals surface area contributed by atoms with Gasteiger partial charge in [-0.3, -0.25) is 0 Å². The number of nitrogens with zero attached hydrogens (tertiary/aromatic N) is 1. The van der Waals surface area contributed by atoms with E-state index in [1.54, 1.807) is 12.0 Å². The quantitative estimate of drug-likeness (QED) is 0.755. The van der Waals surface area contributed by atoms with E-state index in [0.29, 0.717) is 26.0 Å². The number of hydrogen-bond donors (Lipinski definition) is 2. The van der Waals surface area contributed by atoms with E-state index in [4.69, 9.17) is 4.74 Å². The van der Waals surface area contributed by atoms with E-state index < -0.39 is 11.5 Å². The summed E-state index contributed by atoms with van der Waals surface area (Å²) in [6.45, 7) is 4.87. The van der Waals surface area contributed by atoms with Crippen molar-refractivity contribution in [3.8, 4) is 0 Å². The SMILES string of the molecule is CCC(C)N(CCOC)C(=O)NC1(C(=O)O)CCCCC1. The molecule has 1 saturated carbocycles. The first-order valence-electron chi connectivity index (χ1n) is 7.78. The summed E-state index contributed by atoms with van der Waals surface area (Å²) < 4.78 is 5.04. The minimum atomic E-state index is -1.10. The molecule has 2 N–H and O–H groups in total. The average Bonchev–Trinajstić information content (AvgIpc) is 2.48. The minimum absolute atomic E-state index is 0.0505. The molecule has 1 atom stereocenters. The topological polar surface area (TPSA) is 78.9 Å². The number of hydrogen-bond acceptors (Lipinski definition) is 3. The monoisotopic (exact) mass is 300 g/mol. The van der Waals surface area contributed by atoms with Crippen molar-refractivity contribution in [3.05, 3.63) is 0 Å². The predicted octanol–water partition coefficient (Wildman–Crippen LogP) is 2.23. The van der Waals surface area contributed by atoms with Crippen molar-refractivity contribution in [2.24, 2.45) is 0 Å². The van der Waals surface area contributed by atoms with Crippen LogP contribution in [0.5, 0.6) is 0 Å². The summed E-state index contributed by atoms with van der Waals surface area (Å²) in [5, 5.41) is 12.3. The van der Waals surface area contributed by atoms with E-state index >= 15 is 0 Å². The molecule has 0 aliphatic heterocycles. The van der Waals surface area contributed by atoms with Gasteiger partial charge in [-0.1, -0.05) is 26.2 Å². The van der Waals surface area contributed by atoms with Gasteiger partial charge in [0.25, 0.3) is 0 Å². The highest BCUT2D eigenvalue weighted by Gasteiger charge is 2.42. The fraction of sp³-hybridized carbons (Fsp3) is 0.867. The number of rotatable bonds is 7. The Bertz CT molecular complexity index is 354. The number of carbonyl (C=O) groups is 2. The van der Waals surface area contributed by atoms with Crippen LogP contribution in [0.2, 0.25) is 0 Å². The fourth-order valence-electron chi connectivity index (χ4n) is 2.76. The molecule has 0 spiro atoms. The van der Waals surface area contributed by atoms with Crippen molar-refractivity contribution in [1.29, 1.82) is 0 Å². The van der Waals surface area contributed by atoms with Crippen LogP contribution >= 0.6 is 0 Å². The lowest BCUT2D eigenvalue weighted by Crippen LogP contribution is -2.60. The number of carboxylic acids is 1. The van der Waals surface area contributed by atoms with Gasteiger partial charge in [0.15, 0.2) is 0 Å². The van der Waals surface area contributed by atoms with Gasteiger partial charge < -0.3 is 20.1 Å².